The summed E-state index contributed by atoms with van der Waals surface area (Å²) in [6.45, 7) is 0.472. The van der Waals surface area contributed by atoms with Crippen molar-refractivity contribution in [1.82, 2.24) is 9.21 Å². The molecule has 1 fully saturated rings. The molecule has 0 unspecified atom stereocenters. The molecule has 0 N–H and O–H groups in total. The van der Waals surface area contributed by atoms with Crippen LogP contribution < -0.4 is 0 Å². The van der Waals surface area contributed by atoms with Crippen LogP contribution >= 0.6 is 27.5 Å². The average molecular weight is 489 g/mol. The summed E-state index contributed by atoms with van der Waals surface area (Å²) < 4.78 is 27.5. The van der Waals surface area contributed by atoms with Crippen LogP contribution in [0, 0.1) is 10.1 Å². The Morgan fingerprint density at radius 2 is 1.68 bits per heavy atom. The zero-order valence-electron chi connectivity index (χ0n) is 14.4. The Balaban J connectivity index is 1.74. The third-order valence-corrected chi connectivity index (χ3v) is 7.04. The van der Waals surface area contributed by atoms with Gasteiger partial charge in [-0.3, -0.25) is 14.9 Å². The molecular weight excluding hydrogens is 474 g/mol. The maximum absolute atomic E-state index is 12.7. The van der Waals surface area contributed by atoms with Crippen molar-refractivity contribution >= 4 is 49.1 Å². The minimum absolute atomic E-state index is 0.0707. The molecule has 148 valence electrons. The Bertz CT molecular complexity index is 1020. The Hall–Kier alpha value is -2.01. The van der Waals surface area contributed by atoms with Gasteiger partial charge in [0, 0.05) is 41.7 Å². The summed E-state index contributed by atoms with van der Waals surface area (Å²) in [7, 11) is -3.67. The minimum atomic E-state index is -3.67. The van der Waals surface area contributed by atoms with Crippen molar-refractivity contribution in [3.63, 3.8) is 0 Å². The van der Waals surface area contributed by atoms with Crippen LogP contribution in [0.5, 0.6) is 0 Å². The summed E-state index contributed by atoms with van der Waals surface area (Å²) >= 11 is 9.05. The van der Waals surface area contributed by atoms with E-state index in [4.69, 9.17) is 11.6 Å². The Kier molecular flexibility index (Phi) is 6.04. The molecule has 2 aromatic rings. The fourth-order valence-electron chi connectivity index (χ4n) is 2.89. The number of piperazine rings is 1. The summed E-state index contributed by atoms with van der Waals surface area (Å²) in [4.78, 5) is 24.8. The van der Waals surface area contributed by atoms with E-state index in [0.29, 0.717) is 0 Å². The highest BCUT2D eigenvalue weighted by Crippen LogP contribution is 2.26. The number of benzene rings is 2. The molecule has 1 heterocycles. The van der Waals surface area contributed by atoms with Crippen LogP contribution in [0.4, 0.5) is 5.69 Å². The van der Waals surface area contributed by atoms with Gasteiger partial charge in [0.1, 0.15) is 5.56 Å². The van der Waals surface area contributed by atoms with E-state index in [9.17, 15) is 23.3 Å². The van der Waals surface area contributed by atoms with Crippen LogP contribution in [0.15, 0.2) is 51.8 Å². The number of rotatable bonds is 4. The number of hydrogen-bond donors (Lipinski definition) is 0. The minimum Gasteiger partial charge on any atom is -0.336 e. The second kappa shape index (κ2) is 8.16. The first-order valence-electron chi connectivity index (χ1n) is 8.19. The number of sulfonamides is 1. The standard InChI is InChI=1S/C17H15BrClN3O5S/c18-12-1-4-14(5-2-12)28(26,27)21-9-7-20(8-10-21)17(23)15-6-3-13(19)11-16(15)22(24)25/h1-6,11H,7-10H2. The highest BCUT2D eigenvalue weighted by Gasteiger charge is 2.32. The van der Waals surface area contributed by atoms with Crippen molar-refractivity contribution in [3.05, 3.63) is 67.6 Å². The number of nitro groups is 1. The van der Waals surface area contributed by atoms with E-state index >= 15 is 0 Å². The predicted octanol–water partition coefficient (Wildman–Crippen LogP) is 3.16. The molecule has 1 aliphatic rings. The van der Waals surface area contributed by atoms with Crippen LogP contribution in [0.1, 0.15) is 10.4 Å². The number of carbonyl (C=O) groups excluding carboxylic acids is 1. The molecule has 0 atom stereocenters. The predicted molar refractivity (Wildman–Crippen MR) is 107 cm³/mol. The van der Waals surface area contributed by atoms with Crippen molar-refractivity contribution in [2.75, 3.05) is 26.2 Å². The number of nitrogens with zero attached hydrogens (tertiary/aromatic N) is 3. The first kappa shape index (κ1) is 20.7. The highest BCUT2D eigenvalue weighted by atomic mass is 79.9. The van der Waals surface area contributed by atoms with Gasteiger partial charge in [-0.1, -0.05) is 27.5 Å². The van der Waals surface area contributed by atoms with Crippen molar-refractivity contribution < 1.29 is 18.1 Å². The molecule has 28 heavy (non-hydrogen) atoms. The van der Waals surface area contributed by atoms with E-state index in [1.165, 1.54) is 33.5 Å². The third-order valence-electron chi connectivity index (χ3n) is 4.36. The quantitative estimate of drug-likeness (QED) is 0.486. The van der Waals surface area contributed by atoms with Crippen LogP contribution in [0.3, 0.4) is 0 Å². The van der Waals surface area contributed by atoms with E-state index < -0.39 is 20.9 Å². The second-order valence-corrected chi connectivity index (χ2v) is 9.36. The lowest BCUT2D eigenvalue weighted by atomic mass is 10.1. The fraction of sp³-hybridized carbons (Fsp3) is 0.235. The number of halogens is 2. The summed E-state index contributed by atoms with van der Waals surface area (Å²) in [5.41, 5.74) is -0.443. The molecule has 1 amide bonds. The number of nitro benzene ring substituents is 1. The molecule has 0 aliphatic carbocycles. The average Bonchev–Trinajstić information content (AvgIpc) is 2.68. The Labute approximate surface area is 175 Å². The lowest BCUT2D eigenvalue weighted by molar-refractivity contribution is -0.385. The summed E-state index contributed by atoms with van der Waals surface area (Å²) in [5, 5.41) is 11.4. The highest BCUT2D eigenvalue weighted by molar-refractivity contribution is 9.10. The van der Waals surface area contributed by atoms with E-state index in [0.717, 1.165) is 10.5 Å². The van der Waals surface area contributed by atoms with Gasteiger partial charge in [0.25, 0.3) is 11.6 Å². The van der Waals surface area contributed by atoms with Gasteiger partial charge in [0.05, 0.1) is 9.82 Å². The van der Waals surface area contributed by atoms with Crippen LogP contribution in [0.25, 0.3) is 0 Å². The lowest BCUT2D eigenvalue weighted by Gasteiger charge is -2.34. The summed E-state index contributed by atoms with van der Waals surface area (Å²) in [6.07, 6.45) is 0. The molecule has 1 aliphatic heterocycles. The van der Waals surface area contributed by atoms with Gasteiger partial charge in [0.15, 0.2) is 0 Å². The molecule has 0 bridgehead atoms. The molecule has 0 spiro atoms. The van der Waals surface area contributed by atoms with E-state index in [-0.39, 0.29) is 47.3 Å². The molecule has 2 aromatic carbocycles. The number of amides is 1. The first-order chi connectivity index (χ1) is 13.2. The molecule has 1 saturated heterocycles. The van der Waals surface area contributed by atoms with Crippen molar-refractivity contribution in [2.24, 2.45) is 0 Å². The topological polar surface area (TPSA) is 101 Å². The van der Waals surface area contributed by atoms with Gasteiger partial charge < -0.3 is 4.90 Å². The van der Waals surface area contributed by atoms with E-state index in [1.807, 2.05) is 0 Å². The summed E-state index contributed by atoms with van der Waals surface area (Å²) in [5.74, 6) is -0.524. The SMILES string of the molecule is O=C(c1ccc(Cl)cc1[N+](=O)[O-])N1CCN(S(=O)(=O)c2ccc(Br)cc2)CC1. The fourth-order valence-corrected chi connectivity index (χ4v) is 4.75. The van der Waals surface area contributed by atoms with Gasteiger partial charge in [-0.15, -0.1) is 0 Å². The van der Waals surface area contributed by atoms with Crippen LogP contribution in [-0.2, 0) is 10.0 Å². The van der Waals surface area contributed by atoms with Gasteiger partial charge in [0.2, 0.25) is 10.0 Å². The molecule has 11 heteroatoms. The molecule has 3 rings (SSSR count). The Morgan fingerprint density at radius 1 is 1.07 bits per heavy atom. The van der Waals surface area contributed by atoms with Gasteiger partial charge in [-0.2, -0.15) is 4.31 Å². The van der Waals surface area contributed by atoms with Gasteiger partial charge in [-0.25, -0.2) is 8.42 Å². The zero-order valence-corrected chi connectivity index (χ0v) is 17.6. The largest absolute Gasteiger partial charge is 0.336 e. The van der Waals surface area contributed by atoms with Crippen LogP contribution in [-0.4, -0.2) is 54.6 Å². The smallest absolute Gasteiger partial charge is 0.283 e. The Morgan fingerprint density at radius 3 is 2.25 bits per heavy atom. The maximum atomic E-state index is 12.7. The van der Waals surface area contributed by atoms with E-state index in [2.05, 4.69) is 15.9 Å². The molecular formula is C17H15BrClN3O5S. The van der Waals surface area contributed by atoms with Gasteiger partial charge >= 0.3 is 0 Å². The van der Waals surface area contributed by atoms with Crippen molar-refractivity contribution in [3.8, 4) is 0 Å². The lowest BCUT2D eigenvalue weighted by Crippen LogP contribution is -2.50. The normalized spacial score (nSPS) is 15.4. The number of carbonyl (C=O) groups is 1. The maximum Gasteiger partial charge on any atom is 0.283 e. The van der Waals surface area contributed by atoms with Crippen molar-refractivity contribution in [2.45, 2.75) is 4.90 Å². The number of hydrogen-bond acceptors (Lipinski definition) is 5. The molecule has 8 nitrogen and oxygen atoms in total. The monoisotopic (exact) mass is 487 g/mol. The van der Waals surface area contributed by atoms with Gasteiger partial charge in [-0.05, 0) is 36.4 Å². The third kappa shape index (κ3) is 4.19. The summed E-state index contributed by atoms with van der Waals surface area (Å²) in [6, 6.07) is 10.2. The van der Waals surface area contributed by atoms with E-state index in [1.54, 1.807) is 12.1 Å². The molecule has 0 aromatic heterocycles. The molecule has 0 radical (unpaired) electrons. The first-order valence-corrected chi connectivity index (χ1v) is 10.8. The van der Waals surface area contributed by atoms with Crippen LogP contribution in [0.2, 0.25) is 5.02 Å². The van der Waals surface area contributed by atoms with Crippen molar-refractivity contribution in [1.29, 1.82) is 0 Å². The second-order valence-electron chi connectivity index (χ2n) is 6.07. The zero-order chi connectivity index (χ0) is 20.5. The molecule has 0 saturated carbocycles.